The number of carbonyl (C=O) groups is 1. The molecule has 26 heavy (non-hydrogen) atoms. The average molecular weight is 415 g/mol. The van der Waals surface area contributed by atoms with Crippen molar-refractivity contribution in [2.24, 2.45) is 4.99 Å². The van der Waals surface area contributed by atoms with Gasteiger partial charge < -0.3 is 4.74 Å². The number of aliphatic imine (C=N–C) groups is 1. The molecule has 1 atom stereocenters. The van der Waals surface area contributed by atoms with E-state index in [0.29, 0.717) is 28.2 Å². The molecule has 2 rings (SSSR count). The fraction of sp³-hybridized carbons (Fsp3) is 0.474. The maximum atomic E-state index is 12.5. The Balaban J connectivity index is 2.34. The molecule has 1 heterocycles. The first-order valence-electron chi connectivity index (χ1n) is 8.38. The lowest BCUT2D eigenvalue weighted by atomic mass is 10.0. The van der Waals surface area contributed by atoms with Crippen LogP contribution in [0.15, 0.2) is 35.3 Å². The fourth-order valence-electron chi connectivity index (χ4n) is 2.46. The molecule has 0 aromatic heterocycles. The van der Waals surface area contributed by atoms with Crippen molar-refractivity contribution in [3.63, 3.8) is 0 Å². The molecule has 0 N–H and O–H groups in total. The molecule has 1 amide bonds. The van der Waals surface area contributed by atoms with Gasteiger partial charge in [-0.15, -0.1) is 6.58 Å². The van der Waals surface area contributed by atoms with E-state index in [1.807, 2.05) is 39.8 Å². The maximum Gasteiger partial charge on any atom is 0.416 e. The third-order valence-corrected chi connectivity index (χ3v) is 5.34. The number of thioether (sulfide) groups is 1. The first-order valence-corrected chi connectivity index (χ1v) is 10.1. The number of hydrogen-bond donors (Lipinski definition) is 0. The van der Waals surface area contributed by atoms with Gasteiger partial charge in [-0.05, 0) is 45.7 Å². The van der Waals surface area contributed by atoms with Crippen molar-refractivity contribution < 1.29 is 9.53 Å². The summed E-state index contributed by atoms with van der Waals surface area (Å²) < 4.78 is 5.49. The standard InChI is InChI=1S/C19H24Cl2N2O2S/c1-12(2)11-15(13-7-6-8-14(20)16(13)21)22-17-23(9-10-26-17)18(24)25-19(3,4)5/h6-8,15H,1,9-11H2,2-5H3/b22-17-. The summed E-state index contributed by atoms with van der Waals surface area (Å²) in [5.74, 6) is 0.779. The topological polar surface area (TPSA) is 41.9 Å². The Kier molecular flexibility index (Phi) is 7.05. The molecule has 1 saturated heterocycles. The summed E-state index contributed by atoms with van der Waals surface area (Å²) in [6.45, 7) is 12.1. The summed E-state index contributed by atoms with van der Waals surface area (Å²) in [6, 6.07) is 5.24. The van der Waals surface area contributed by atoms with Gasteiger partial charge in [0.05, 0.1) is 16.1 Å². The Morgan fingerprint density at radius 3 is 2.73 bits per heavy atom. The molecule has 1 aliphatic heterocycles. The number of hydrogen-bond acceptors (Lipinski definition) is 4. The van der Waals surface area contributed by atoms with Gasteiger partial charge in [-0.2, -0.15) is 0 Å². The molecule has 1 aromatic rings. The van der Waals surface area contributed by atoms with E-state index < -0.39 is 5.60 Å². The minimum absolute atomic E-state index is 0.260. The van der Waals surface area contributed by atoms with Crippen LogP contribution in [0.2, 0.25) is 10.0 Å². The number of nitrogens with zero attached hydrogens (tertiary/aromatic N) is 2. The second-order valence-corrected chi connectivity index (χ2v) is 9.06. The molecule has 1 fully saturated rings. The lowest BCUT2D eigenvalue weighted by Gasteiger charge is -2.25. The monoisotopic (exact) mass is 414 g/mol. The summed E-state index contributed by atoms with van der Waals surface area (Å²) >= 11 is 14.1. The minimum Gasteiger partial charge on any atom is -0.443 e. The second kappa shape index (κ2) is 8.68. The van der Waals surface area contributed by atoms with Crippen LogP contribution >= 0.6 is 35.0 Å². The van der Waals surface area contributed by atoms with Gasteiger partial charge in [0.2, 0.25) is 0 Å². The van der Waals surface area contributed by atoms with Crippen LogP contribution < -0.4 is 0 Å². The van der Waals surface area contributed by atoms with Gasteiger partial charge in [0.1, 0.15) is 5.60 Å². The zero-order chi connectivity index (χ0) is 19.5. The Morgan fingerprint density at radius 1 is 1.42 bits per heavy atom. The SMILES string of the molecule is C=C(C)CC(/N=C1\SCCN1C(=O)OC(C)(C)C)c1cccc(Cl)c1Cl. The number of amidine groups is 1. The van der Waals surface area contributed by atoms with Gasteiger partial charge in [-0.1, -0.05) is 52.7 Å². The molecular formula is C19H24Cl2N2O2S. The van der Waals surface area contributed by atoms with Crippen LogP contribution in [0.3, 0.4) is 0 Å². The summed E-state index contributed by atoms with van der Waals surface area (Å²) in [5.41, 5.74) is 1.25. The zero-order valence-corrected chi connectivity index (χ0v) is 17.8. The van der Waals surface area contributed by atoms with Crippen molar-refractivity contribution in [2.75, 3.05) is 12.3 Å². The molecule has 1 aliphatic rings. The van der Waals surface area contributed by atoms with Gasteiger partial charge in [0, 0.05) is 12.3 Å². The predicted octanol–water partition coefficient (Wildman–Crippen LogP) is 6.34. The van der Waals surface area contributed by atoms with E-state index in [0.717, 1.165) is 16.9 Å². The minimum atomic E-state index is -0.553. The van der Waals surface area contributed by atoms with Gasteiger partial charge in [-0.25, -0.2) is 4.79 Å². The molecule has 1 aromatic carbocycles. The van der Waals surface area contributed by atoms with Crippen LogP contribution in [-0.4, -0.2) is 34.1 Å². The van der Waals surface area contributed by atoms with Crippen LogP contribution in [0.4, 0.5) is 4.79 Å². The highest BCUT2D eigenvalue weighted by Gasteiger charge is 2.31. The first-order chi connectivity index (χ1) is 12.1. The van der Waals surface area contributed by atoms with Crippen molar-refractivity contribution in [2.45, 2.75) is 45.8 Å². The molecule has 1 unspecified atom stereocenters. The normalized spacial score (nSPS) is 17.5. The van der Waals surface area contributed by atoms with Crippen molar-refractivity contribution in [3.05, 3.63) is 46.0 Å². The van der Waals surface area contributed by atoms with Crippen molar-refractivity contribution in [1.82, 2.24) is 4.90 Å². The smallest absolute Gasteiger partial charge is 0.416 e. The van der Waals surface area contributed by atoms with E-state index in [-0.39, 0.29) is 12.1 Å². The average Bonchev–Trinajstić information content (AvgIpc) is 2.95. The van der Waals surface area contributed by atoms with Crippen LogP contribution in [0.25, 0.3) is 0 Å². The highest BCUT2D eigenvalue weighted by atomic mass is 35.5. The number of rotatable bonds is 4. The molecule has 142 valence electrons. The van der Waals surface area contributed by atoms with Crippen LogP contribution in [0.5, 0.6) is 0 Å². The largest absolute Gasteiger partial charge is 0.443 e. The molecule has 4 nitrogen and oxygen atoms in total. The number of ether oxygens (including phenoxy) is 1. The van der Waals surface area contributed by atoms with Gasteiger partial charge >= 0.3 is 6.09 Å². The number of amides is 1. The number of carbonyl (C=O) groups excluding carboxylic acids is 1. The third-order valence-electron chi connectivity index (χ3n) is 3.54. The molecule has 0 bridgehead atoms. The highest BCUT2D eigenvalue weighted by molar-refractivity contribution is 8.14. The lowest BCUT2D eigenvalue weighted by Crippen LogP contribution is -2.37. The van der Waals surface area contributed by atoms with Gasteiger partial charge in [-0.3, -0.25) is 9.89 Å². The molecule has 0 radical (unpaired) electrons. The Labute approximate surface area is 169 Å². The van der Waals surface area contributed by atoms with E-state index in [4.69, 9.17) is 32.9 Å². The van der Waals surface area contributed by atoms with E-state index in [2.05, 4.69) is 6.58 Å². The van der Waals surface area contributed by atoms with Gasteiger partial charge in [0.15, 0.2) is 5.17 Å². The Morgan fingerprint density at radius 2 is 2.12 bits per heavy atom. The molecular weight excluding hydrogens is 391 g/mol. The van der Waals surface area contributed by atoms with Crippen molar-refractivity contribution >= 4 is 46.2 Å². The third kappa shape index (κ3) is 5.66. The molecule has 0 aliphatic carbocycles. The van der Waals surface area contributed by atoms with E-state index in [1.54, 1.807) is 11.0 Å². The quantitative estimate of drug-likeness (QED) is 0.539. The highest BCUT2D eigenvalue weighted by Crippen LogP contribution is 2.36. The number of benzene rings is 1. The van der Waals surface area contributed by atoms with E-state index >= 15 is 0 Å². The maximum absolute atomic E-state index is 12.5. The lowest BCUT2D eigenvalue weighted by molar-refractivity contribution is 0.0385. The van der Waals surface area contributed by atoms with Crippen LogP contribution in [0.1, 0.15) is 45.7 Å². The Bertz CT molecular complexity index is 729. The van der Waals surface area contributed by atoms with E-state index in [1.165, 1.54) is 11.8 Å². The summed E-state index contributed by atoms with van der Waals surface area (Å²) in [5, 5.41) is 1.61. The number of halogens is 2. The fourth-order valence-corrected chi connectivity index (χ4v) is 3.88. The molecule has 0 saturated carbocycles. The van der Waals surface area contributed by atoms with E-state index in [9.17, 15) is 4.79 Å². The van der Waals surface area contributed by atoms with Crippen LogP contribution in [-0.2, 0) is 4.74 Å². The molecule has 0 spiro atoms. The summed E-state index contributed by atoms with van der Waals surface area (Å²) in [4.78, 5) is 18.9. The van der Waals surface area contributed by atoms with Crippen LogP contribution in [0, 0.1) is 0 Å². The summed E-state index contributed by atoms with van der Waals surface area (Å²) in [6.07, 6.45) is 0.235. The van der Waals surface area contributed by atoms with Gasteiger partial charge in [0.25, 0.3) is 0 Å². The summed E-state index contributed by atoms with van der Waals surface area (Å²) in [7, 11) is 0. The first kappa shape index (κ1) is 21.1. The Hall–Kier alpha value is -1.17. The van der Waals surface area contributed by atoms with Crippen molar-refractivity contribution in [1.29, 1.82) is 0 Å². The second-order valence-electron chi connectivity index (χ2n) is 7.21. The zero-order valence-electron chi connectivity index (χ0n) is 15.5. The van der Waals surface area contributed by atoms with Crippen molar-refractivity contribution in [3.8, 4) is 0 Å². The molecule has 7 heteroatoms. The predicted molar refractivity (Wildman–Crippen MR) is 111 cm³/mol.